The van der Waals surface area contributed by atoms with Crippen molar-refractivity contribution in [1.82, 2.24) is 24.9 Å². The highest BCUT2D eigenvalue weighted by Crippen LogP contribution is 2.28. The maximum atomic E-state index is 14.2. The molecule has 214 valence electrons. The molecule has 2 heterocycles. The van der Waals surface area contributed by atoms with Gasteiger partial charge in [0.1, 0.15) is 18.1 Å². The predicted octanol–water partition coefficient (Wildman–Crippen LogP) is 5.42. The quantitative estimate of drug-likeness (QED) is 0.245. The largest absolute Gasteiger partial charge is 0.378 e. The summed E-state index contributed by atoms with van der Waals surface area (Å²) in [6, 6.07) is 25.8. The second-order valence-electron chi connectivity index (χ2n) is 10.8. The molecule has 3 aromatic carbocycles. The Balaban J connectivity index is 1.54. The summed E-state index contributed by atoms with van der Waals surface area (Å²) in [5.74, 6) is -0.258. The molecule has 1 atom stereocenters. The van der Waals surface area contributed by atoms with E-state index in [1.54, 1.807) is 22.0 Å². The maximum Gasteiger partial charge on any atom is 0.251 e. The van der Waals surface area contributed by atoms with Crippen molar-refractivity contribution in [3.63, 3.8) is 0 Å². The van der Waals surface area contributed by atoms with Gasteiger partial charge >= 0.3 is 0 Å². The molecule has 5 rings (SSSR count). The molecule has 2 aromatic heterocycles. The zero-order valence-electron chi connectivity index (χ0n) is 24.3. The Kier molecular flexibility index (Phi) is 8.57. The second kappa shape index (κ2) is 12.6. The molecule has 0 bridgehead atoms. The Hall–Kier alpha value is -5.05. The number of pyridine rings is 1. The molecule has 9 nitrogen and oxygen atoms in total. The second-order valence-corrected chi connectivity index (χ2v) is 10.8. The summed E-state index contributed by atoms with van der Waals surface area (Å²) in [6.07, 6.45) is 3.39. The van der Waals surface area contributed by atoms with E-state index in [0.717, 1.165) is 22.3 Å². The van der Waals surface area contributed by atoms with Gasteiger partial charge < -0.3 is 15.1 Å². The van der Waals surface area contributed by atoms with Crippen LogP contribution in [-0.4, -0.2) is 50.8 Å². The van der Waals surface area contributed by atoms with E-state index in [4.69, 9.17) is 0 Å². The number of para-hydroxylation sites is 1. The van der Waals surface area contributed by atoms with Crippen LogP contribution in [-0.2, 0) is 22.7 Å². The van der Waals surface area contributed by atoms with E-state index in [9.17, 15) is 9.59 Å². The summed E-state index contributed by atoms with van der Waals surface area (Å²) >= 11 is 0. The highest BCUT2D eigenvalue weighted by molar-refractivity contribution is 5.98. The zero-order valence-corrected chi connectivity index (χ0v) is 24.3. The molecule has 0 aliphatic carbocycles. The number of hydrogen-bond acceptors (Lipinski definition) is 6. The summed E-state index contributed by atoms with van der Waals surface area (Å²) in [5, 5.41) is 11.5. The van der Waals surface area contributed by atoms with Gasteiger partial charge in [-0.3, -0.25) is 14.6 Å². The number of amides is 2. The number of anilines is 2. The number of carbonyl (C=O) groups excluding carboxylic acids is 2. The van der Waals surface area contributed by atoms with Gasteiger partial charge in [-0.05, 0) is 65.1 Å². The lowest BCUT2D eigenvalue weighted by Gasteiger charge is -2.32. The molecule has 0 saturated heterocycles. The van der Waals surface area contributed by atoms with Crippen LogP contribution in [0.5, 0.6) is 0 Å². The first-order chi connectivity index (χ1) is 20.3. The van der Waals surface area contributed by atoms with Crippen molar-refractivity contribution in [2.24, 2.45) is 0 Å². The van der Waals surface area contributed by atoms with E-state index in [1.165, 1.54) is 0 Å². The monoisotopic (exact) mass is 561 g/mol. The van der Waals surface area contributed by atoms with Crippen LogP contribution < -0.4 is 10.2 Å². The molecule has 1 unspecified atom stereocenters. The third-order valence-corrected chi connectivity index (χ3v) is 7.23. The van der Waals surface area contributed by atoms with Gasteiger partial charge in [0.15, 0.2) is 0 Å². The van der Waals surface area contributed by atoms with Crippen molar-refractivity contribution in [1.29, 1.82) is 0 Å². The van der Waals surface area contributed by atoms with E-state index in [-0.39, 0.29) is 24.9 Å². The minimum atomic E-state index is -0.915. The first-order valence-electron chi connectivity index (χ1n) is 13.9. The number of hydrogen-bond donors (Lipinski definition) is 1. The SMILES string of the molecule is CC(C)c1ccc(C(C(=O)Nc2ccc(N(C)C)cc2)N(Cc2cccnc2)C(=O)Cn2nnc3ccccc32)cc1. The van der Waals surface area contributed by atoms with Crippen molar-refractivity contribution in [2.75, 3.05) is 24.3 Å². The average Bonchev–Trinajstić information content (AvgIpc) is 3.40. The lowest BCUT2D eigenvalue weighted by molar-refractivity contribution is -0.140. The van der Waals surface area contributed by atoms with Crippen LogP contribution in [0.4, 0.5) is 11.4 Å². The summed E-state index contributed by atoms with van der Waals surface area (Å²) in [4.78, 5) is 36.1. The first kappa shape index (κ1) is 28.5. The molecule has 0 fully saturated rings. The van der Waals surface area contributed by atoms with Gasteiger partial charge in [0.2, 0.25) is 5.91 Å². The molecule has 0 spiro atoms. The number of carbonyl (C=O) groups is 2. The van der Waals surface area contributed by atoms with Crippen molar-refractivity contribution in [3.05, 3.63) is 114 Å². The number of aromatic nitrogens is 4. The zero-order chi connectivity index (χ0) is 29.6. The molecular weight excluding hydrogens is 526 g/mol. The minimum absolute atomic E-state index is 0.0772. The van der Waals surface area contributed by atoms with Gasteiger partial charge in [-0.2, -0.15) is 0 Å². The van der Waals surface area contributed by atoms with E-state index < -0.39 is 6.04 Å². The van der Waals surface area contributed by atoms with Crippen LogP contribution in [0.2, 0.25) is 0 Å². The summed E-state index contributed by atoms with van der Waals surface area (Å²) in [6.45, 7) is 4.35. The summed E-state index contributed by atoms with van der Waals surface area (Å²) < 4.78 is 1.57. The van der Waals surface area contributed by atoms with Gasteiger partial charge in [0.25, 0.3) is 5.91 Å². The standard InChI is InChI=1S/C33H35N7O2/c1-23(2)25-11-13-26(14-12-25)32(33(42)35-27-15-17-28(18-16-27)38(3)4)39(21-24-8-7-19-34-20-24)31(41)22-40-30-10-6-5-9-29(30)36-37-40/h5-20,23,32H,21-22H2,1-4H3,(H,35,42). The van der Waals surface area contributed by atoms with Crippen molar-refractivity contribution < 1.29 is 9.59 Å². The summed E-state index contributed by atoms with van der Waals surface area (Å²) in [5.41, 5.74) is 5.77. The number of nitrogens with one attached hydrogen (secondary N) is 1. The van der Waals surface area contributed by atoms with Crippen LogP contribution in [0.15, 0.2) is 97.3 Å². The van der Waals surface area contributed by atoms with Crippen molar-refractivity contribution >= 4 is 34.2 Å². The van der Waals surface area contributed by atoms with E-state index in [1.807, 2.05) is 104 Å². The number of nitrogens with zero attached hydrogens (tertiary/aromatic N) is 6. The molecule has 5 aromatic rings. The fraction of sp³-hybridized carbons (Fsp3) is 0.242. The molecule has 0 aliphatic rings. The van der Waals surface area contributed by atoms with Gasteiger partial charge in [-0.1, -0.05) is 61.5 Å². The van der Waals surface area contributed by atoms with Gasteiger partial charge in [-0.15, -0.1) is 5.10 Å². The van der Waals surface area contributed by atoms with Gasteiger partial charge in [0.05, 0.1) is 5.52 Å². The van der Waals surface area contributed by atoms with Crippen LogP contribution in [0.1, 0.15) is 42.5 Å². The molecule has 42 heavy (non-hydrogen) atoms. The normalized spacial score (nSPS) is 11.8. The number of rotatable bonds is 10. The van der Waals surface area contributed by atoms with Crippen LogP contribution in [0.3, 0.4) is 0 Å². The maximum absolute atomic E-state index is 14.2. The Morgan fingerprint density at radius 1 is 0.881 bits per heavy atom. The predicted molar refractivity (Wildman–Crippen MR) is 165 cm³/mol. The van der Waals surface area contributed by atoms with Gasteiger partial charge in [-0.25, -0.2) is 4.68 Å². The smallest absolute Gasteiger partial charge is 0.251 e. The van der Waals surface area contributed by atoms with Gasteiger partial charge in [0, 0.05) is 44.4 Å². The van der Waals surface area contributed by atoms with Crippen molar-refractivity contribution in [2.45, 2.75) is 38.9 Å². The Morgan fingerprint density at radius 3 is 2.26 bits per heavy atom. The topological polar surface area (TPSA) is 96.2 Å². The summed E-state index contributed by atoms with van der Waals surface area (Å²) in [7, 11) is 3.93. The first-order valence-corrected chi connectivity index (χ1v) is 13.9. The highest BCUT2D eigenvalue weighted by Gasteiger charge is 2.32. The minimum Gasteiger partial charge on any atom is -0.378 e. The fourth-order valence-electron chi connectivity index (χ4n) is 4.85. The Labute approximate surface area is 245 Å². The van der Waals surface area contributed by atoms with Crippen LogP contribution in [0.25, 0.3) is 11.0 Å². The molecule has 1 N–H and O–H groups in total. The molecule has 0 radical (unpaired) electrons. The van der Waals surface area contributed by atoms with Crippen LogP contribution in [0, 0.1) is 0 Å². The Bertz CT molecular complexity index is 1650. The molecule has 0 saturated carbocycles. The fourth-order valence-corrected chi connectivity index (χ4v) is 4.85. The number of fused-ring (bicyclic) bond motifs is 1. The van der Waals surface area contributed by atoms with E-state index in [2.05, 4.69) is 34.5 Å². The van der Waals surface area contributed by atoms with E-state index in [0.29, 0.717) is 22.7 Å². The molecule has 2 amide bonds. The molecule has 9 heteroatoms. The highest BCUT2D eigenvalue weighted by atomic mass is 16.2. The number of benzene rings is 3. The molecular formula is C33H35N7O2. The van der Waals surface area contributed by atoms with Crippen molar-refractivity contribution in [3.8, 4) is 0 Å². The average molecular weight is 562 g/mol. The van der Waals surface area contributed by atoms with Crippen LogP contribution >= 0.6 is 0 Å². The third-order valence-electron chi connectivity index (χ3n) is 7.23. The third kappa shape index (κ3) is 6.46. The lowest BCUT2D eigenvalue weighted by Crippen LogP contribution is -2.42. The molecule has 0 aliphatic heterocycles. The lowest BCUT2D eigenvalue weighted by atomic mass is 9.97. The van der Waals surface area contributed by atoms with E-state index >= 15 is 0 Å². The Morgan fingerprint density at radius 2 is 1.60 bits per heavy atom.